The first-order valence-corrected chi connectivity index (χ1v) is 6.65. The van der Waals surface area contributed by atoms with Crippen LogP contribution in [0.5, 0.6) is 0 Å². The second-order valence-corrected chi connectivity index (χ2v) is 5.02. The Hall–Kier alpha value is -1.82. The van der Waals surface area contributed by atoms with Crippen molar-refractivity contribution in [1.29, 1.82) is 0 Å². The average Bonchev–Trinajstić information content (AvgIpc) is 2.94. The predicted molar refractivity (Wildman–Crippen MR) is 72.6 cm³/mol. The fraction of sp³-hybridized carbons (Fsp3) is 0.333. The van der Waals surface area contributed by atoms with Gasteiger partial charge in [0.15, 0.2) is 5.69 Å². The molecule has 0 spiro atoms. The second kappa shape index (κ2) is 5.22. The molecule has 96 valence electrons. The van der Waals surface area contributed by atoms with Crippen LogP contribution in [0.25, 0.3) is 0 Å². The van der Waals surface area contributed by atoms with Gasteiger partial charge >= 0.3 is 0 Å². The number of carbonyl (C=O) groups excluding carboxylic acids is 1. The van der Waals surface area contributed by atoms with Crippen molar-refractivity contribution in [3.63, 3.8) is 0 Å². The Morgan fingerprint density at radius 3 is 3.00 bits per heavy atom. The lowest BCUT2D eigenvalue weighted by atomic mass is 10.2. The molecule has 0 radical (unpaired) electrons. The molecule has 0 aliphatic rings. The Balaban J connectivity index is 2.03. The molecule has 0 atom stereocenters. The van der Waals surface area contributed by atoms with E-state index in [1.165, 1.54) is 10.4 Å². The molecular formula is C12H16N4OS. The van der Waals surface area contributed by atoms with Crippen molar-refractivity contribution >= 4 is 22.9 Å². The zero-order chi connectivity index (χ0) is 13.1. The van der Waals surface area contributed by atoms with E-state index in [1.54, 1.807) is 18.3 Å². The summed E-state index contributed by atoms with van der Waals surface area (Å²) in [4.78, 5) is 13.1. The molecule has 2 heterocycles. The number of hydrogen-bond acceptors (Lipinski definition) is 4. The summed E-state index contributed by atoms with van der Waals surface area (Å²) >= 11 is 1.65. The lowest BCUT2D eigenvalue weighted by Crippen LogP contribution is -2.24. The van der Waals surface area contributed by atoms with Gasteiger partial charge in [-0.15, -0.1) is 11.3 Å². The molecule has 0 aromatic carbocycles. The van der Waals surface area contributed by atoms with Gasteiger partial charge in [0.1, 0.15) is 0 Å². The zero-order valence-corrected chi connectivity index (χ0v) is 11.2. The molecule has 0 saturated heterocycles. The maximum atomic E-state index is 11.9. The molecule has 4 N–H and O–H groups in total. The van der Waals surface area contributed by atoms with E-state index in [0.717, 1.165) is 6.42 Å². The van der Waals surface area contributed by atoms with Crippen LogP contribution in [0.3, 0.4) is 0 Å². The van der Waals surface area contributed by atoms with Crippen molar-refractivity contribution in [2.24, 2.45) is 0 Å². The average molecular weight is 264 g/mol. The van der Waals surface area contributed by atoms with Gasteiger partial charge in [-0.1, -0.05) is 6.92 Å². The van der Waals surface area contributed by atoms with Gasteiger partial charge < -0.3 is 11.1 Å². The summed E-state index contributed by atoms with van der Waals surface area (Å²) < 4.78 is 0. The van der Waals surface area contributed by atoms with Gasteiger partial charge in [-0.2, -0.15) is 5.10 Å². The summed E-state index contributed by atoms with van der Waals surface area (Å²) in [6, 6.07) is 2.08. The number of hydrogen-bond donors (Lipinski definition) is 3. The number of amides is 1. The molecular weight excluding hydrogens is 248 g/mol. The fourth-order valence-electron chi connectivity index (χ4n) is 1.69. The van der Waals surface area contributed by atoms with Gasteiger partial charge in [0.05, 0.1) is 17.9 Å². The highest BCUT2D eigenvalue weighted by Crippen LogP contribution is 2.17. The molecule has 0 bridgehead atoms. The number of aromatic nitrogens is 2. The minimum absolute atomic E-state index is 0.243. The Morgan fingerprint density at radius 2 is 2.39 bits per heavy atom. The maximum absolute atomic E-state index is 11.9. The highest BCUT2D eigenvalue weighted by molar-refractivity contribution is 7.10. The van der Waals surface area contributed by atoms with Gasteiger partial charge in [-0.25, -0.2) is 0 Å². The third kappa shape index (κ3) is 2.38. The summed E-state index contributed by atoms with van der Waals surface area (Å²) in [6.45, 7) is 4.40. The van der Waals surface area contributed by atoms with Gasteiger partial charge in [-0.05, 0) is 30.4 Å². The summed E-state index contributed by atoms with van der Waals surface area (Å²) in [5.41, 5.74) is 8.42. The Labute approximate surface area is 109 Å². The van der Waals surface area contributed by atoms with Crippen molar-refractivity contribution in [2.75, 3.05) is 5.73 Å². The molecule has 0 aliphatic heterocycles. The number of carbonyl (C=O) groups is 1. The van der Waals surface area contributed by atoms with Crippen molar-refractivity contribution < 1.29 is 4.79 Å². The molecule has 6 heteroatoms. The molecule has 0 unspecified atom stereocenters. The maximum Gasteiger partial charge on any atom is 0.274 e. The molecule has 2 aromatic heterocycles. The van der Waals surface area contributed by atoms with Crippen molar-refractivity contribution in [3.8, 4) is 0 Å². The molecule has 2 rings (SSSR count). The van der Waals surface area contributed by atoms with E-state index in [2.05, 4.69) is 28.5 Å². The quantitative estimate of drug-likeness (QED) is 0.788. The predicted octanol–water partition coefficient (Wildman–Crippen LogP) is 1.85. The van der Waals surface area contributed by atoms with Crippen molar-refractivity contribution in [1.82, 2.24) is 15.5 Å². The van der Waals surface area contributed by atoms with Gasteiger partial charge in [-0.3, -0.25) is 9.89 Å². The number of thiophene rings is 1. The largest absolute Gasteiger partial charge is 0.395 e. The molecule has 2 aromatic rings. The Kier molecular flexibility index (Phi) is 3.66. The third-order valence-corrected chi connectivity index (χ3v) is 3.80. The van der Waals surface area contributed by atoms with Gasteiger partial charge in [0.2, 0.25) is 0 Å². The number of aryl methyl sites for hydroxylation is 2. The standard InChI is InChI=1S/C12H16N4OS/c1-3-8-4-5-18-9(8)6-14-12(17)11-10(13)7(2)15-16-11/h4-5H,3,6,13H2,1-2H3,(H,14,17)(H,15,16). The van der Waals surface area contributed by atoms with Crippen LogP contribution >= 0.6 is 11.3 Å². The first kappa shape index (κ1) is 12.6. The van der Waals surface area contributed by atoms with Crippen LogP contribution in [0, 0.1) is 6.92 Å². The van der Waals surface area contributed by atoms with Gasteiger partial charge in [0, 0.05) is 4.88 Å². The topological polar surface area (TPSA) is 83.8 Å². The van der Waals surface area contributed by atoms with Crippen LogP contribution in [0.4, 0.5) is 5.69 Å². The van der Waals surface area contributed by atoms with Gasteiger partial charge in [0.25, 0.3) is 5.91 Å². The van der Waals surface area contributed by atoms with Crippen molar-refractivity contribution in [3.05, 3.63) is 33.3 Å². The van der Waals surface area contributed by atoms with Crippen LogP contribution in [0.15, 0.2) is 11.4 Å². The number of nitrogen functional groups attached to an aromatic ring is 1. The normalized spacial score (nSPS) is 10.6. The van der Waals surface area contributed by atoms with E-state index in [9.17, 15) is 4.79 Å². The summed E-state index contributed by atoms with van der Waals surface area (Å²) in [6.07, 6.45) is 0.971. The number of anilines is 1. The first-order chi connectivity index (χ1) is 8.63. The summed E-state index contributed by atoms with van der Waals surface area (Å²) in [5, 5.41) is 11.5. The highest BCUT2D eigenvalue weighted by atomic mass is 32.1. The molecule has 0 aliphatic carbocycles. The van der Waals surface area contributed by atoms with Crippen LogP contribution in [0.2, 0.25) is 0 Å². The summed E-state index contributed by atoms with van der Waals surface area (Å²) in [5.74, 6) is -0.243. The van der Waals surface area contributed by atoms with E-state index in [4.69, 9.17) is 5.73 Å². The zero-order valence-electron chi connectivity index (χ0n) is 10.4. The molecule has 18 heavy (non-hydrogen) atoms. The van der Waals surface area contributed by atoms with Crippen LogP contribution in [0.1, 0.15) is 33.5 Å². The number of H-pyrrole nitrogens is 1. The van der Waals surface area contributed by atoms with Crippen LogP contribution < -0.4 is 11.1 Å². The second-order valence-electron chi connectivity index (χ2n) is 4.02. The van der Waals surface area contributed by atoms with Crippen LogP contribution in [-0.2, 0) is 13.0 Å². The SMILES string of the molecule is CCc1ccsc1CNC(=O)c1n[nH]c(C)c1N. The smallest absolute Gasteiger partial charge is 0.274 e. The number of aromatic amines is 1. The number of nitrogens with zero attached hydrogens (tertiary/aromatic N) is 1. The number of nitrogens with one attached hydrogen (secondary N) is 2. The lowest BCUT2D eigenvalue weighted by Gasteiger charge is -2.04. The fourth-order valence-corrected chi connectivity index (χ4v) is 2.61. The van der Waals surface area contributed by atoms with E-state index in [0.29, 0.717) is 17.9 Å². The number of rotatable bonds is 4. The minimum Gasteiger partial charge on any atom is -0.395 e. The minimum atomic E-state index is -0.243. The first-order valence-electron chi connectivity index (χ1n) is 5.77. The lowest BCUT2D eigenvalue weighted by molar-refractivity contribution is 0.0947. The highest BCUT2D eigenvalue weighted by Gasteiger charge is 2.15. The van der Waals surface area contributed by atoms with Crippen molar-refractivity contribution in [2.45, 2.75) is 26.8 Å². The number of nitrogens with two attached hydrogens (primary N) is 1. The molecule has 0 fully saturated rings. The molecule has 0 saturated carbocycles. The summed E-state index contributed by atoms with van der Waals surface area (Å²) in [7, 11) is 0. The Bertz CT molecular complexity index is 558. The van der Waals surface area contributed by atoms with E-state index >= 15 is 0 Å². The van der Waals surface area contributed by atoms with E-state index in [-0.39, 0.29) is 11.6 Å². The third-order valence-electron chi connectivity index (χ3n) is 2.84. The monoisotopic (exact) mass is 264 g/mol. The molecule has 5 nitrogen and oxygen atoms in total. The van der Waals surface area contributed by atoms with E-state index < -0.39 is 0 Å². The van der Waals surface area contributed by atoms with Crippen LogP contribution in [-0.4, -0.2) is 16.1 Å². The molecule has 1 amide bonds. The van der Waals surface area contributed by atoms with E-state index in [1.807, 2.05) is 5.38 Å². The Morgan fingerprint density at radius 1 is 1.61 bits per heavy atom.